The average Bonchev–Trinajstić information content (AvgIpc) is 3.20. The molecule has 2 aliphatic rings. The van der Waals surface area contributed by atoms with Crippen molar-refractivity contribution in [3.8, 4) is 6.07 Å². The number of rotatable bonds is 5. The maximum absolute atomic E-state index is 13.7. The highest BCUT2D eigenvalue weighted by Crippen LogP contribution is 2.31. The van der Waals surface area contributed by atoms with Crippen LogP contribution in [0, 0.1) is 23.1 Å². The molecule has 106 valence electrons. The summed E-state index contributed by atoms with van der Waals surface area (Å²) in [5.74, 6) is 0.402. The Bertz CT molecular complexity index is 519. The smallest absolute Gasteiger partial charge is 0.129 e. The van der Waals surface area contributed by atoms with Gasteiger partial charge in [0.15, 0.2) is 0 Å². The Kier molecular flexibility index (Phi) is 4.00. The van der Waals surface area contributed by atoms with Crippen molar-refractivity contribution in [2.24, 2.45) is 5.92 Å². The Morgan fingerprint density at radius 1 is 1.35 bits per heavy atom. The first-order chi connectivity index (χ1) is 9.76. The van der Waals surface area contributed by atoms with E-state index in [0.29, 0.717) is 23.6 Å². The molecule has 0 spiro atoms. The first-order valence-corrected chi connectivity index (χ1v) is 7.39. The van der Waals surface area contributed by atoms with Crippen LogP contribution in [0.15, 0.2) is 18.2 Å². The minimum Gasteiger partial charge on any atom is -0.312 e. The summed E-state index contributed by atoms with van der Waals surface area (Å²) in [4.78, 5) is 2.59. The van der Waals surface area contributed by atoms with Gasteiger partial charge >= 0.3 is 0 Å². The fourth-order valence-corrected chi connectivity index (χ4v) is 2.97. The minimum absolute atomic E-state index is 0.289. The van der Waals surface area contributed by atoms with Crippen LogP contribution in [0.2, 0.25) is 0 Å². The number of nitrogens with zero attached hydrogens (tertiary/aromatic N) is 2. The van der Waals surface area contributed by atoms with Crippen LogP contribution in [0.4, 0.5) is 4.39 Å². The molecule has 3 nitrogen and oxygen atoms in total. The third kappa shape index (κ3) is 3.17. The van der Waals surface area contributed by atoms with Gasteiger partial charge in [-0.15, -0.1) is 0 Å². The van der Waals surface area contributed by atoms with Crippen LogP contribution in [-0.4, -0.2) is 30.6 Å². The lowest BCUT2D eigenvalue weighted by Gasteiger charge is -2.15. The van der Waals surface area contributed by atoms with Gasteiger partial charge in [-0.1, -0.05) is 6.07 Å². The summed E-state index contributed by atoms with van der Waals surface area (Å²) in [5, 5.41) is 12.1. The molecule has 1 saturated carbocycles. The molecule has 1 aromatic rings. The second-order valence-electron chi connectivity index (χ2n) is 5.93. The van der Waals surface area contributed by atoms with Gasteiger partial charge in [0.1, 0.15) is 5.82 Å². The molecule has 1 aliphatic carbocycles. The number of nitriles is 1. The van der Waals surface area contributed by atoms with E-state index in [2.05, 4.69) is 10.2 Å². The molecule has 4 heteroatoms. The second-order valence-corrected chi connectivity index (χ2v) is 5.93. The van der Waals surface area contributed by atoms with Crippen molar-refractivity contribution in [2.75, 3.05) is 19.6 Å². The molecule has 3 rings (SSSR count). The van der Waals surface area contributed by atoms with Gasteiger partial charge in [-0.2, -0.15) is 5.26 Å². The zero-order valence-corrected chi connectivity index (χ0v) is 11.6. The summed E-state index contributed by atoms with van der Waals surface area (Å²) in [6, 6.07) is 7.49. The fraction of sp³-hybridized carbons (Fsp3) is 0.562. The Morgan fingerprint density at radius 3 is 2.90 bits per heavy atom. The van der Waals surface area contributed by atoms with E-state index in [4.69, 9.17) is 5.26 Å². The molecule has 2 fully saturated rings. The van der Waals surface area contributed by atoms with Crippen molar-refractivity contribution in [1.29, 1.82) is 5.26 Å². The third-order valence-corrected chi connectivity index (χ3v) is 4.31. The summed E-state index contributed by atoms with van der Waals surface area (Å²) in [6.45, 7) is 3.90. The number of hydrogen-bond acceptors (Lipinski definition) is 3. The molecule has 0 bridgehead atoms. The Labute approximate surface area is 119 Å². The molecule has 1 heterocycles. The largest absolute Gasteiger partial charge is 0.312 e. The van der Waals surface area contributed by atoms with Crippen molar-refractivity contribution in [3.63, 3.8) is 0 Å². The molecule has 1 aromatic carbocycles. The standard InChI is InChI=1S/C16H20FN3/c17-16-7-12(8-18)1-2-14(16)10-19-9-13-5-6-20(11-13)15-3-4-15/h1-2,7,13,15,19H,3-6,9-11H2. The third-order valence-electron chi connectivity index (χ3n) is 4.31. The van der Waals surface area contributed by atoms with Crippen molar-refractivity contribution in [3.05, 3.63) is 35.1 Å². The minimum atomic E-state index is -0.289. The fourth-order valence-electron chi connectivity index (χ4n) is 2.97. The molecule has 1 unspecified atom stereocenters. The van der Waals surface area contributed by atoms with Crippen LogP contribution in [0.5, 0.6) is 0 Å². The van der Waals surface area contributed by atoms with Gasteiger partial charge in [-0.3, -0.25) is 0 Å². The molecular formula is C16H20FN3. The van der Waals surface area contributed by atoms with E-state index in [1.807, 2.05) is 6.07 Å². The quantitative estimate of drug-likeness (QED) is 0.894. The summed E-state index contributed by atoms with van der Waals surface area (Å²) >= 11 is 0. The molecule has 0 radical (unpaired) electrons. The summed E-state index contributed by atoms with van der Waals surface area (Å²) < 4.78 is 13.7. The zero-order chi connectivity index (χ0) is 13.9. The number of halogens is 1. The summed E-state index contributed by atoms with van der Waals surface area (Å²) in [6.07, 6.45) is 3.99. The predicted molar refractivity (Wildman–Crippen MR) is 75.5 cm³/mol. The predicted octanol–water partition coefficient (Wildman–Crippen LogP) is 2.27. The molecule has 20 heavy (non-hydrogen) atoms. The van der Waals surface area contributed by atoms with Crippen molar-refractivity contribution < 1.29 is 4.39 Å². The van der Waals surface area contributed by atoms with Gasteiger partial charge < -0.3 is 10.2 Å². The van der Waals surface area contributed by atoms with Gasteiger partial charge in [0.25, 0.3) is 0 Å². The van der Waals surface area contributed by atoms with Gasteiger partial charge in [0, 0.05) is 24.7 Å². The molecule has 0 amide bonds. The lowest BCUT2D eigenvalue weighted by Crippen LogP contribution is -2.27. The maximum atomic E-state index is 13.7. The van der Waals surface area contributed by atoms with E-state index in [9.17, 15) is 4.39 Å². The van der Waals surface area contributed by atoms with Crippen molar-refractivity contribution in [1.82, 2.24) is 10.2 Å². The Hall–Kier alpha value is -1.44. The van der Waals surface area contributed by atoms with Crippen LogP contribution >= 0.6 is 0 Å². The number of likely N-dealkylation sites (tertiary alicyclic amines) is 1. The van der Waals surface area contributed by atoms with Crippen LogP contribution < -0.4 is 5.32 Å². The monoisotopic (exact) mass is 273 g/mol. The lowest BCUT2D eigenvalue weighted by molar-refractivity contribution is 0.311. The van der Waals surface area contributed by atoms with Gasteiger partial charge in [0.2, 0.25) is 0 Å². The Balaban J connectivity index is 1.44. The highest BCUT2D eigenvalue weighted by Gasteiger charge is 2.33. The zero-order valence-electron chi connectivity index (χ0n) is 11.6. The summed E-state index contributed by atoms with van der Waals surface area (Å²) in [5.41, 5.74) is 1.02. The van der Waals surface area contributed by atoms with Gasteiger partial charge in [-0.05, 0) is 50.4 Å². The van der Waals surface area contributed by atoms with Crippen molar-refractivity contribution in [2.45, 2.75) is 31.8 Å². The van der Waals surface area contributed by atoms with Crippen LogP contribution in [0.1, 0.15) is 30.4 Å². The van der Waals surface area contributed by atoms with Crippen LogP contribution in [0.3, 0.4) is 0 Å². The van der Waals surface area contributed by atoms with E-state index in [-0.39, 0.29) is 5.82 Å². The molecule has 1 N–H and O–H groups in total. The molecular weight excluding hydrogens is 253 g/mol. The SMILES string of the molecule is N#Cc1ccc(CNCC2CCN(C3CC3)C2)c(F)c1. The second kappa shape index (κ2) is 5.90. The number of nitrogens with one attached hydrogen (secondary N) is 1. The molecule has 1 saturated heterocycles. The highest BCUT2D eigenvalue weighted by atomic mass is 19.1. The first kappa shape index (κ1) is 13.5. The van der Waals surface area contributed by atoms with Crippen LogP contribution in [-0.2, 0) is 6.54 Å². The lowest BCUT2D eigenvalue weighted by atomic mass is 10.1. The van der Waals surface area contributed by atoms with Gasteiger partial charge in [-0.25, -0.2) is 4.39 Å². The van der Waals surface area contributed by atoms with Crippen molar-refractivity contribution >= 4 is 0 Å². The van der Waals surface area contributed by atoms with E-state index < -0.39 is 0 Å². The normalized spacial score (nSPS) is 22.9. The van der Waals surface area contributed by atoms with Gasteiger partial charge in [0.05, 0.1) is 11.6 Å². The number of hydrogen-bond donors (Lipinski definition) is 1. The molecule has 0 aromatic heterocycles. The van der Waals surface area contributed by atoms with Crippen LogP contribution in [0.25, 0.3) is 0 Å². The van der Waals surface area contributed by atoms with E-state index in [1.165, 1.54) is 38.4 Å². The Morgan fingerprint density at radius 2 is 2.20 bits per heavy atom. The highest BCUT2D eigenvalue weighted by molar-refractivity contribution is 5.32. The maximum Gasteiger partial charge on any atom is 0.129 e. The van der Waals surface area contributed by atoms with E-state index in [1.54, 1.807) is 12.1 Å². The number of benzene rings is 1. The first-order valence-electron chi connectivity index (χ1n) is 7.39. The summed E-state index contributed by atoms with van der Waals surface area (Å²) in [7, 11) is 0. The molecule has 1 atom stereocenters. The average molecular weight is 273 g/mol. The van der Waals surface area contributed by atoms with E-state index >= 15 is 0 Å². The molecule has 1 aliphatic heterocycles. The topological polar surface area (TPSA) is 39.1 Å². The van der Waals surface area contributed by atoms with E-state index in [0.717, 1.165) is 12.6 Å².